The van der Waals surface area contributed by atoms with E-state index in [4.69, 9.17) is 39.5 Å². The molecule has 0 unspecified atom stereocenters. The Morgan fingerprint density at radius 1 is 1.07 bits per heavy atom. The number of amides is 1. The highest BCUT2D eigenvalue weighted by Gasteiger charge is 2.21. The van der Waals surface area contributed by atoms with Gasteiger partial charge in [-0.15, -0.1) is 11.3 Å². The van der Waals surface area contributed by atoms with Crippen molar-refractivity contribution in [3.8, 4) is 0 Å². The van der Waals surface area contributed by atoms with Crippen LogP contribution >= 0.6 is 46.1 Å². The van der Waals surface area contributed by atoms with E-state index in [-0.39, 0.29) is 33.1 Å². The van der Waals surface area contributed by atoms with Crippen molar-refractivity contribution in [1.82, 2.24) is 4.98 Å². The first-order valence-corrected chi connectivity index (χ1v) is 10.0. The van der Waals surface area contributed by atoms with Crippen molar-refractivity contribution in [2.45, 2.75) is 13.5 Å². The molecule has 0 spiro atoms. The summed E-state index contributed by atoms with van der Waals surface area (Å²) in [5.74, 6) is -0.889. The van der Waals surface area contributed by atoms with Gasteiger partial charge in [-0.05, 0) is 24.3 Å². The average molecular weight is 456 g/mol. The summed E-state index contributed by atoms with van der Waals surface area (Å²) in [5.41, 5.74) is 1.19. The minimum absolute atomic E-state index is 0.000865. The second kappa shape index (κ2) is 8.92. The molecule has 5 nitrogen and oxygen atoms in total. The number of anilines is 2. The number of thiazole rings is 1. The van der Waals surface area contributed by atoms with Crippen LogP contribution in [0.5, 0.6) is 0 Å². The summed E-state index contributed by atoms with van der Waals surface area (Å²) in [5, 5.41) is 2.57. The van der Waals surface area contributed by atoms with Gasteiger partial charge < -0.3 is 4.74 Å². The van der Waals surface area contributed by atoms with E-state index >= 15 is 0 Å². The number of aromatic nitrogens is 1. The van der Waals surface area contributed by atoms with Gasteiger partial charge in [0, 0.05) is 12.3 Å². The molecule has 3 aromatic rings. The maximum atomic E-state index is 12.3. The van der Waals surface area contributed by atoms with E-state index in [0.29, 0.717) is 16.5 Å². The second-order valence-electron chi connectivity index (χ2n) is 5.61. The summed E-state index contributed by atoms with van der Waals surface area (Å²) in [7, 11) is 0. The molecule has 0 aliphatic carbocycles. The molecule has 0 radical (unpaired) electrons. The quantitative estimate of drug-likeness (QED) is 0.342. The third kappa shape index (κ3) is 4.47. The number of esters is 1. The van der Waals surface area contributed by atoms with Crippen molar-refractivity contribution in [1.29, 1.82) is 0 Å². The van der Waals surface area contributed by atoms with E-state index in [1.807, 2.05) is 30.3 Å². The lowest BCUT2D eigenvalue weighted by atomic mass is 10.2. The van der Waals surface area contributed by atoms with Crippen LogP contribution in [0, 0.1) is 0 Å². The van der Waals surface area contributed by atoms with E-state index in [0.717, 1.165) is 0 Å². The lowest BCUT2D eigenvalue weighted by Gasteiger charge is -2.17. The van der Waals surface area contributed by atoms with Crippen molar-refractivity contribution in [2.24, 2.45) is 0 Å². The van der Waals surface area contributed by atoms with Crippen LogP contribution in [-0.4, -0.2) is 16.9 Å². The lowest BCUT2D eigenvalue weighted by molar-refractivity contribution is -0.115. The molecule has 3 rings (SSSR count). The van der Waals surface area contributed by atoms with Crippen molar-refractivity contribution in [2.75, 3.05) is 4.90 Å². The molecule has 2 aromatic carbocycles. The Labute approximate surface area is 180 Å². The number of halogens is 3. The fourth-order valence-corrected chi connectivity index (χ4v) is 3.95. The Morgan fingerprint density at radius 2 is 1.75 bits per heavy atom. The summed E-state index contributed by atoms with van der Waals surface area (Å²) < 4.78 is 5.26. The van der Waals surface area contributed by atoms with Gasteiger partial charge in [0.15, 0.2) is 5.13 Å². The number of carbonyl (C=O) groups excluding carboxylic acids is 2. The first-order valence-electron chi connectivity index (χ1n) is 7.99. The molecule has 0 atom stereocenters. The fraction of sp³-hybridized carbons (Fsp3) is 0.105. The molecule has 1 aromatic heterocycles. The molecule has 0 saturated heterocycles. The number of para-hydroxylation sites is 1. The van der Waals surface area contributed by atoms with Crippen molar-refractivity contribution in [3.05, 3.63) is 74.2 Å². The number of ether oxygens (including phenoxy) is 1. The average Bonchev–Trinajstić information content (AvgIpc) is 3.12. The number of benzene rings is 2. The molecular formula is C19H13Cl3N2O3S. The fourth-order valence-electron chi connectivity index (χ4n) is 2.40. The maximum Gasteiger partial charge on any atom is 0.341 e. The van der Waals surface area contributed by atoms with Crippen LogP contribution in [0.15, 0.2) is 47.8 Å². The standard InChI is InChI=1S/C19H13Cl3N2O3S/c1-11(25)24(13-5-3-2-4-6-13)19-23-12(10-28-19)9-27-18(26)16-14(20)7-8-15(21)17(16)22/h2-8,10H,9H2,1H3. The number of hydrogen-bond acceptors (Lipinski definition) is 5. The topological polar surface area (TPSA) is 59.5 Å². The first-order chi connectivity index (χ1) is 13.4. The zero-order valence-electron chi connectivity index (χ0n) is 14.5. The van der Waals surface area contributed by atoms with Gasteiger partial charge in [-0.2, -0.15) is 0 Å². The predicted molar refractivity (Wildman–Crippen MR) is 112 cm³/mol. The first kappa shape index (κ1) is 20.6. The van der Waals surface area contributed by atoms with Gasteiger partial charge in [0.1, 0.15) is 6.61 Å². The van der Waals surface area contributed by atoms with Gasteiger partial charge in [0.25, 0.3) is 0 Å². The molecule has 0 fully saturated rings. The van der Waals surface area contributed by atoms with Crippen molar-refractivity contribution >= 4 is 68.8 Å². The second-order valence-corrected chi connectivity index (χ2v) is 7.63. The number of rotatable bonds is 5. The van der Waals surface area contributed by atoms with Crippen LogP contribution in [0.3, 0.4) is 0 Å². The van der Waals surface area contributed by atoms with E-state index in [1.165, 1.54) is 35.3 Å². The van der Waals surface area contributed by atoms with Gasteiger partial charge >= 0.3 is 5.97 Å². The molecule has 9 heteroatoms. The molecule has 28 heavy (non-hydrogen) atoms. The minimum atomic E-state index is -0.710. The van der Waals surface area contributed by atoms with E-state index in [1.54, 1.807) is 5.38 Å². The summed E-state index contributed by atoms with van der Waals surface area (Å²) >= 11 is 19.3. The molecule has 0 aliphatic heterocycles. The molecule has 144 valence electrons. The van der Waals surface area contributed by atoms with Gasteiger partial charge in [0.05, 0.1) is 32.0 Å². The Bertz CT molecular complexity index is 1020. The van der Waals surface area contributed by atoms with E-state index in [9.17, 15) is 9.59 Å². The maximum absolute atomic E-state index is 12.3. The highest BCUT2D eigenvalue weighted by atomic mass is 35.5. The van der Waals surface area contributed by atoms with E-state index in [2.05, 4.69) is 4.98 Å². The minimum Gasteiger partial charge on any atom is -0.455 e. The van der Waals surface area contributed by atoms with Crippen LogP contribution in [0.25, 0.3) is 0 Å². The predicted octanol–water partition coefficient (Wildman–Crippen LogP) is 6.14. The smallest absolute Gasteiger partial charge is 0.341 e. The van der Waals surface area contributed by atoms with Gasteiger partial charge in [0.2, 0.25) is 5.91 Å². The Morgan fingerprint density at radius 3 is 2.43 bits per heavy atom. The molecule has 0 aliphatic rings. The largest absolute Gasteiger partial charge is 0.455 e. The molecule has 0 N–H and O–H groups in total. The highest BCUT2D eigenvalue weighted by Crippen LogP contribution is 2.32. The molecule has 0 saturated carbocycles. The SMILES string of the molecule is CC(=O)N(c1ccccc1)c1nc(COC(=O)c2c(Cl)ccc(Cl)c2Cl)cs1. The number of nitrogens with zero attached hydrogens (tertiary/aromatic N) is 2. The van der Waals surface area contributed by atoms with Gasteiger partial charge in [-0.1, -0.05) is 53.0 Å². The Balaban J connectivity index is 1.76. The molecule has 0 bridgehead atoms. The highest BCUT2D eigenvalue weighted by molar-refractivity contribution is 7.14. The third-order valence-electron chi connectivity index (χ3n) is 3.66. The zero-order chi connectivity index (χ0) is 20.3. The summed E-state index contributed by atoms with van der Waals surface area (Å²) in [4.78, 5) is 30.3. The van der Waals surface area contributed by atoms with Gasteiger partial charge in [-0.3, -0.25) is 9.69 Å². The normalized spacial score (nSPS) is 10.6. The Kier molecular flexibility index (Phi) is 6.57. The molecule has 1 heterocycles. The van der Waals surface area contributed by atoms with Crippen LogP contribution in [-0.2, 0) is 16.1 Å². The monoisotopic (exact) mass is 454 g/mol. The van der Waals surface area contributed by atoms with Crippen LogP contribution < -0.4 is 4.90 Å². The van der Waals surface area contributed by atoms with Crippen molar-refractivity contribution in [3.63, 3.8) is 0 Å². The molecular weight excluding hydrogens is 443 g/mol. The molecule has 1 amide bonds. The summed E-state index contributed by atoms with van der Waals surface area (Å²) in [6.07, 6.45) is 0. The van der Waals surface area contributed by atoms with Crippen LogP contribution in [0.2, 0.25) is 15.1 Å². The lowest BCUT2D eigenvalue weighted by Crippen LogP contribution is -2.22. The van der Waals surface area contributed by atoms with Crippen LogP contribution in [0.1, 0.15) is 23.0 Å². The number of carbonyl (C=O) groups is 2. The third-order valence-corrected chi connectivity index (χ3v) is 5.65. The summed E-state index contributed by atoms with van der Waals surface area (Å²) in [6, 6.07) is 12.1. The van der Waals surface area contributed by atoms with Crippen LogP contribution in [0.4, 0.5) is 10.8 Å². The summed E-state index contributed by atoms with van der Waals surface area (Å²) in [6.45, 7) is 1.35. The Hall–Kier alpha value is -2.12. The van der Waals surface area contributed by atoms with Crippen molar-refractivity contribution < 1.29 is 14.3 Å². The number of hydrogen-bond donors (Lipinski definition) is 0. The van der Waals surface area contributed by atoms with Gasteiger partial charge in [-0.25, -0.2) is 9.78 Å². The zero-order valence-corrected chi connectivity index (χ0v) is 17.6. The van der Waals surface area contributed by atoms with E-state index < -0.39 is 5.97 Å².